The molecule has 2 bridgehead atoms. The predicted octanol–water partition coefficient (Wildman–Crippen LogP) is 3.60. The zero-order valence-corrected chi connectivity index (χ0v) is 40.9. The van der Waals surface area contributed by atoms with Crippen molar-refractivity contribution in [2.24, 2.45) is 16.7 Å². The fraction of sp³-hybridized carbons (Fsp3) is 0.472. The van der Waals surface area contributed by atoms with Crippen LogP contribution in [-0.4, -0.2) is 130 Å². The standard InChI is InChI=1S/C53H59NO18/c1-28-23-24-53(65)44(71-48(63)35-21-15-10-16-22-35)42-51(7,36(58)25-37-52(42,27-66-37)72-32(5)57)43(59)40(69-31(4)56)38(28)50(53,6)26-67-49(64)41(70-47(62)30(3)68-46(61)29(2)55)39(33-17-11-8-12-18-33)54-45(60)34-19-13-9-14-20-34/h8-22,29-30,36-37,39-42,44,55,58,65H,23-27H2,1-7H3,(H,54,60)/t29?,30?,36-,37+,39?,40+,41+,42?,44-,50-,51+,52-,53+/m0/s1. The molecule has 1 amide bonds. The Labute approximate surface area is 415 Å². The number of Topliss-reactive ketones (excluding diaryl/α,β-unsaturated/α-hetero) is 1. The number of rotatable bonds is 15. The number of ether oxygens (including phenoxy) is 7. The molecule has 3 aromatic carbocycles. The van der Waals surface area contributed by atoms with Crippen LogP contribution >= 0.6 is 0 Å². The number of benzene rings is 3. The summed E-state index contributed by atoms with van der Waals surface area (Å²) < 4.78 is 41.5. The number of allylic oxidation sites excluding steroid dienone is 1. The minimum Gasteiger partial charge on any atom is -0.462 e. The maximum atomic E-state index is 15.7. The van der Waals surface area contributed by atoms with Crippen molar-refractivity contribution in [1.82, 2.24) is 5.32 Å². The lowest BCUT2D eigenvalue weighted by Gasteiger charge is -2.67. The Kier molecular flexibility index (Phi) is 15.3. The lowest BCUT2D eigenvalue weighted by Crippen LogP contribution is -2.82. The Bertz CT molecular complexity index is 2620. The van der Waals surface area contributed by atoms with Crippen molar-refractivity contribution in [3.05, 3.63) is 119 Å². The third kappa shape index (κ3) is 9.65. The molecule has 4 unspecified atom stereocenters. The second-order valence-electron chi connectivity index (χ2n) is 19.3. The van der Waals surface area contributed by atoms with Crippen LogP contribution in [0.15, 0.2) is 102 Å². The Morgan fingerprint density at radius 2 is 1.40 bits per heavy atom. The van der Waals surface area contributed by atoms with Crippen LogP contribution in [0.4, 0.5) is 0 Å². The SMILES string of the molecule is CC(=O)O[C@H]1C(=O)[C@@]2(C)C([C@H](OC(=O)c3ccccc3)[C@]3(O)CCC(C)=C1[C@]3(C)COC(=O)[C@H](OC(=O)C(C)OC(=O)C(C)O)C(NC(=O)c1ccccc1)c1ccccc1)[C@]1(OC(C)=O)CO[C@@H]1C[C@@H]2O. The maximum absolute atomic E-state index is 15.7. The molecule has 19 heteroatoms. The van der Waals surface area contributed by atoms with Gasteiger partial charge in [-0.05, 0) is 82.9 Å². The van der Waals surface area contributed by atoms with Crippen LogP contribution in [0.2, 0.25) is 0 Å². The van der Waals surface area contributed by atoms with E-state index in [9.17, 15) is 44.1 Å². The number of fused-ring (bicyclic) bond motifs is 5. The zero-order valence-electron chi connectivity index (χ0n) is 40.9. The quantitative estimate of drug-likeness (QED) is 0.0962. The smallest absolute Gasteiger partial charge is 0.350 e. The van der Waals surface area contributed by atoms with Crippen LogP contribution in [0.3, 0.4) is 0 Å². The number of nitrogens with one attached hydrogen (secondary N) is 1. The Hall–Kier alpha value is -6.80. The first-order valence-corrected chi connectivity index (χ1v) is 23.6. The first-order chi connectivity index (χ1) is 34.0. The highest BCUT2D eigenvalue weighted by Crippen LogP contribution is 2.64. The molecule has 7 rings (SSSR count). The van der Waals surface area contributed by atoms with E-state index in [1.807, 2.05) is 0 Å². The van der Waals surface area contributed by atoms with Gasteiger partial charge in [-0.3, -0.25) is 19.2 Å². The Balaban J connectivity index is 1.40. The van der Waals surface area contributed by atoms with Gasteiger partial charge < -0.3 is 53.8 Å². The number of hydrogen-bond acceptors (Lipinski definition) is 18. The lowest BCUT2D eigenvalue weighted by atomic mass is 9.44. The number of aliphatic hydroxyl groups excluding tert-OH is 2. The summed E-state index contributed by atoms with van der Waals surface area (Å²) in [5.41, 5.74) is -7.85. The monoisotopic (exact) mass is 997 g/mol. The van der Waals surface area contributed by atoms with Crippen LogP contribution in [0.5, 0.6) is 0 Å². The summed E-state index contributed by atoms with van der Waals surface area (Å²) in [5, 5.41) is 38.7. The normalized spacial score (nSPS) is 30.1. The van der Waals surface area contributed by atoms with Crippen molar-refractivity contribution in [2.75, 3.05) is 13.2 Å². The average Bonchev–Trinajstić information content (AvgIpc) is 3.35. The molecule has 4 aliphatic rings. The van der Waals surface area contributed by atoms with Gasteiger partial charge in [0.25, 0.3) is 5.91 Å². The van der Waals surface area contributed by atoms with Gasteiger partial charge in [0.15, 0.2) is 23.6 Å². The molecule has 0 spiro atoms. The molecule has 3 fully saturated rings. The van der Waals surface area contributed by atoms with E-state index in [0.717, 1.165) is 27.7 Å². The maximum Gasteiger partial charge on any atom is 0.350 e. The number of amides is 1. The molecular weight excluding hydrogens is 939 g/mol. The van der Waals surface area contributed by atoms with Gasteiger partial charge in [-0.15, -0.1) is 0 Å². The molecule has 4 N–H and O–H groups in total. The molecule has 0 aromatic heterocycles. The van der Waals surface area contributed by atoms with Crippen molar-refractivity contribution in [3.8, 4) is 0 Å². The molecule has 13 atom stereocenters. The van der Waals surface area contributed by atoms with Gasteiger partial charge in [-0.25, -0.2) is 19.2 Å². The van der Waals surface area contributed by atoms with Gasteiger partial charge in [0.05, 0.1) is 35.0 Å². The third-order valence-electron chi connectivity index (χ3n) is 14.6. The first kappa shape index (κ1) is 53.0. The minimum absolute atomic E-state index is 0.0167. The van der Waals surface area contributed by atoms with E-state index in [1.165, 1.54) is 50.2 Å². The van der Waals surface area contributed by atoms with Gasteiger partial charge in [0, 0.05) is 25.8 Å². The minimum atomic E-state index is -2.49. The Morgan fingerprint density at radius 3 is 1.96 bits per heavy atom. The van der Waals surface area contributed by atoms with Crippen molar-refractivity contribution < 1.29 is 86.8 Å². The highest BCUT2D eigenvalue weighted by atomic mass is 16.6. The zero-order chi connectivity index (χ0) is 52.5. The molecule has 72 heavy (non-hydrogen) atoms. The summed E-state index contributed by atoms with van der Waals surface area (Å²) in [6.45, 7) is 7.50. The molecule has 3 aliphatic carbocycles. The summed E-state index contributed by atoms with van der Waals surface area (Å²) >= 11 is 0. The molecule has 1 heterocycles. The van der Waals surface area contributed by atoms with Gasteiger partial charge in [-0.1, -0.05) is 72.3 Å². The van der Waals surface area contributed by atoms with E-state index in [0.29, 0.717) is 5.57 Å². The number of carbonyl (C=O) groups is 8. The van der Waals surface area contributed by atoms with Crippen molar-refractivity contribution in [3.63, 3.8) is 0 Å². The van der Waals surface area contributed by atoms with E-state index in [2.05, 4.69) is 5.32 Å². The van der Waals surface area contributed by atoms with Gasteiger partial charge in [0.1, 0.15) is 36.6 Å². The molecular formula is C53H59NO18. The van der Waals surface area contributed by atoms with Gasteiger partial charge >= 0.3 is 35.8 Å². The summed E-state index contributed by atoms with van der Waals surface area (Å²) in [6, 6.07) is 22.0. The molecule has 1 saturated heterocycles. The molecule has 3 aromatic rings. The van der Waals surface area contributed by atoms with Crippen molar-refractivity contribution in [1.29, 1.82) is 0 Å². The second-order valence-corrected chi connectivity index (χ2v) is 19.3. The predicted molar refractivity (Wildman–Crippen MR) is 249 cm³/mol. The average molecular weight is 998 g/mol. The van der Waals surface area contributed by atoms with Gasteiger partial charge in [0.2, 0.25) is 6.10 Å². The van der Waals surface area contributed by atoms with Crippen LogP contribution in [-0.2, 0) is 61.9 Å². The number of carbonyl (C=O) groups excluding carboxylic acids is 8. The number of aliphatic hydroxyl groups is 3. The lowest BCUT2D eigenvalue weighted by molar-refractivity contribution is -0.346. The fourth-order valence-electron chi connectivity index (χ4n) is 10.9. The first-order valence-electron chi connectivity index (χ1n) is 23.6. The van der Waals surface area contributed by atoms with E-state index < -0.39 is 131 Å². The largest absolute Gasteiger partial charge is 0.462 e. The van der Waals surface area contributed by atoms with E-state index in [-0.39, 0.29) is 48.1 Å². The summed E-state index contributed by atoms with van der Waals surface area (Å²) in [4.78, 5) is 112. The third-order valence-corrected chi connectivity index (χ3v) is 14.6. The van der Waals surface area contributed by atoms with Crippen LogP contribution in [0, 0.1) is 16.7 Å². The molecule has 19 nitrogen and oxygen atoms in total. The second kappa shape index (κ2) is 20.7. The molecule has 1 aliphatic heterocycles. The van der Waals surface area contributed by atoms with Crippen molar-refractivity contribution >= 4 is 47.5 Å². The van der Waals surface area contributed by atoms with Crippen LogP contribution in [0.1, 0.15) is 100 Å². The van der Waals surface area contributed by atoms with E-state index >= 15 is 9.59 Å². The number of ketones is 1. The topological polar surface area (TPSA) is 274 Å². The summed E-state index contributed by atoms with van der Waals surface area (Å²) in [5.74, 6) is -9.86. The highest BCUT2D eigenvalue weighted by molar-refractivity contribution is 5.96. The number of esters is 6. The molecule has 0 radical (unpaired) electrons. The van der Waals surface area contributed by atoms with Crippen molar-refractivity contribution in [2.45, 2.75) is 128 Å². The molecule has 2 saturated carbocycles. The highest BCUT2D eigenvalue weighted by Gasteiger charge is 2.78. The molecule has 384 valence electrons. The van der Waals surface area contributed by atoms with E-state index in [1.54, 1.807) is 61.5 Å². The van der Waals surface area contributed by atoms with Gasteiger partial charge in [-0.2, -0.15) is 0 Å². The fourth-order valence-corrected chi connectivity index (χ4v) is 10.9. The summed E-state index contributed by atoms with van der Waals surface area (Å²) in [7, 11) is 0. The Morgan fingerprint density at radius 1 is 0.806 bits per heavy atom. The van der Waals surface area contributed by atoms with Crippen LogP contribution < -0.4 is 5.32 Å². The summed E-state index contributed by atoms with van der Waals surface area (Å²) in [6.07, 6.45) is -12.6. The number of hydrogen-bond donors (Lipinski definition) is 4. The van der Waals surface area contributed by atoms with Crippen LogP contribution in [0.25, 0.3) is 0 Å². The van der Waals surface area contributed by atoms with E-state index in [4.69, 9.17) is 33.2 Å².